The molecule has 20 heavy (non-hydrogen) atoms. The normalized spacial score (nSPS) is 10.2. The number of rotatable bonds is 3. The van der Waals surface area contributed by atoms with Gasteiger partial charge in [-0.3, -0.25) is 15.6 Å². The largest absolute Gasteiger partial charge is 0.323 e. The van der Waals surface area contributed by atoms with Gasteiger partial charge in [-0.25, -0.2) is 8.78 Å². The zero-order valence-corrected chi connectivity index (χ0v) is 10.6. The van der Waals surface area contributed by atoms with E-state index in [4.69, 9.17) is 5.84 Å². The molecule has 5 nitrogen and oxygen atoms in total. The van der Waals surface area contributed by atoms with Crippen LogP contribution in [0.1, 0.15) is 15.9 Å². The number of nitrogens with zero attached hydrogens (tertiary/aromatic N) is 1. The molecule has 0 atom stereocenters. The molecular weight excluding hydrogens is 266 g/mol. The standard InChI is InChI=1S/C13H12F2N4O/c1-7-2-3-9(14)12(11(7)15)18-13(20)8-6-17-5-4-10(8)19-16/h2-6H,16H2,1H3,(H,17,19)(H,18,20). The minimum Gasteiger partial charge on any atom is -0.323 e. The van der Waals surface area contributed by atoms with Crippen molar-refractivity contribution in [2.24, 2.45) is 5.84 Å². The van der Waals surface area contributed by atoms with Crippen molar-refractivity contribution in [2.75, 3.05) is 10.7 Å². The molecule has 0 spiro atoms. The molecule has 2 aromatic rings. The van der Waals surface area contributed by atoms with Gasteiger partial charge in [-0.2, -0.15) is 0 Å². The Morgan fingerprint density at radius 2 is 2.05 bits per heavy atom. The van der Waals surface area contributed by atoms with Crippen LogP contribution in [0, 0.1) is 18.6 Å². The maximum absolute atomic E-state index is 13.8. The number of nitrogen functional groups attached to an aromatic ring is 1. The molecule has 0 saturated carbocycles. The summed E-state index contributed by atoms with van der Waals surface area (Å²) in [5, 5.41) is 2.19. The predicted octanol–water partition coefficient (Wildman–Crippen LogP) is 2.21. The molecule has 4 N–H and O–H groups in total. The van der Waals surface area contributed by atoms with E-state index < -0.39 is 23.2 Å². The topological polar surface area (TPSA) is 80.0 Å². The number of benzene rings is 1. The molecule has 0 fully saturated rings. The van der Waals surface area contributed by atoms with Crippen LogP contribution in [-0.2, 0) is 0 Å². The number of amides is 1. The number of carbonyl (C=O) groups is 1. The van der Waals surface area contributed by atoms with E-state index in [2.05, 4.69) is 15.7 Å². The molecule has 104 valence electrons. The molecule has 1 amide bonds. The molecule has 0 bridgehead atoms. The van der Waals surface area contributed by atoms with Crippen LogP contribution in [0.5, 0.6) is 0 Å². The maximum atomic E-state index is 13.8. The molecule has 0 unspecified atom stereocenters. The van der Waals surface area contributed by atoms with E-state index in [-0.39, 0.29) is 11.1 Å². The lowest BCUT2D eigenvalue weighted by Gasteiger charge is -2.11. The molecule has 1 aromatic heterocycles. The number of anilines is 2. The van der Waals surface area contributed by atoms with E-state index in [0.717, 1.165) is 6.07 Å². The van der Waals surface area contributed by atoms with Gasteiger partial charge in [0.25, 0.3) is 5.91 Å². The summed E-state index contributed by atoms with van der Waals surface area (Å²) in [6, 6.07) is 3.84. The number of pyridine rings is 1. The van der Waals surface area contributed by atoms with E-state index in [1.54, 1.807) is 0 Å². The summed E-state index contributed by atoms with van der Waals surface area (Å²) in [4.78, 5) is 15.8. The van der Waals surface area contributed by atoms with Crippen molar-refractivity contribution in [1.29, 1.82) is 0 Å². The van der Waals surface area contributed by atoms with Crippen LogP contribution in [0.25, 0.3) is 0 Å². The van der Waals surface area contributed by atoms with Gasteiger partial charge in [0.1, 0.15) is 11.5 Å². The first-order valence-corrected chi connectivity index (χ1v) is 5.71. The molecule has 0 radical (unpaired) electrons. The van der Waals surface area contributed by atoms with Crippen LogP contribution in [0.4, 0.5) is 20.2 Å². The third-order valence-electron chi connectivity index (χ3n) is 2.74. The van der Waals surface area contributed by atoms with Crippen LogP contribution in [-0.4, -0.2) is 10.9 Å². The average molecular weight is 278 g/mol. The Bertz CT molecular complexity index is 661. The Morgan fingerprint density at radius 3 is 2.75 bits per heavy atom. The quantitative estimate of drug-likeness (QED) is 0.594. The van der Waals surface area contributed by atoms with E-state index in [1.807, 2.05) is 0 Å². The lowest BCUT2D eigenvalue weighted by Crippen LogP contribution is -2.19. The number of aromatic nitrogens is 1. The molecule has 0 aliphatic rings. The van der Waals surface area contributed by atoms with Gasteiger partial charge in [0.05, 0.1) is 11.3 Å². The number of nitrogens with one attached hydrogen (secondary N) is 2. The van der Waals surface area contributed by atoms with Crippen molar-refractivity contribution < 1.29 is 13.6 Å². The van der Waals surface area contributed by atoms with Crippen LogP contribution in [0.15, 0.2) is 30.6 Å². The minimum atomic E-state index is -0.854. The summed E-state index contributed by atoms with van der Waals surface area (Å²) in [6.45, 7) is 1.47. The van der Waals surface area contributed by atoms with Crippen molar-refractivity contribution in [1.82, 2.24) is 4.98 Å². The zero-order valence-electron chi connectivity index (χ0n) is 10.6. The first-order chi connectivity index (χ1) is 9.54. The summed E-state index contributed by atoms with van der Waals surface area (Å²) in [5.41, 5.74) is 2.42. The Balaban J connectivity index is 2.35. The summed E-state index contributed by atoms with van der Waals surface area (Å²) in [7, 11) is 0. The fraction of sp³-hybridized carbons (Fsp3) is 0.0769. The van der Waals surface area contributed by atoms with E-state index >= 15 is 0 Å². The van der Waals surface area contributed by atoms with Crippen molar-refractivity contribution in [2.45, 2.75) is 6.92 Å². The Kier molecular flexibility index (Phi) is 3.90. The van der Waals surface area contributed by atoms with Gasteiger partial charge < -0.3 is 10.7 Å². The molecule has 0 saturated heterocycles. The Labute approximate surface area is 113 Å². The van der Waals surface area contributed by atoms with Gasteiger partial charge in [0.2, 0.25) is 0 Å². The van der Waals surface area contributed by atoms with Gasteiger partial charge in [-0.05, 0) is 24.6 Å². The van der Waals surface area contributed by atoms with Gasteiger partial charge in [0.15, 0.2) is 5.82 Å². The zero-order chi connectivity index (χ0) is 14.7. The highest BCUT2D eigenvalue weighted by atomic mass is 19.1. The molecule has 0 aliphatic heterocycles. The summed E-state index contributed by atoms with van der Waals surface area (Å²) >= 11 is 0. The average Bonchev–Trinajstić information content (AvgIpc) is 2.47. The number of halogens is 2. The third-order valence-corrected chi connectivity index (χ3v) is 2.74. The second kappa shape index (κ2) is 5.62. The highest BCUT2D eigenvalue weighted by Gasteiger charge is 2.17. The molecular formula is C13H12F2N4O. The fourth-order valence-electron chi connectivity index (χ4n) is 1.65. The van der Waals surface area contributed by atoms with E-state index in [1.165, 1.54) is 31.5 Å². The maximum Gasteiger partial charge on any atom is 0.259 e. The summed E-state index contributed by atoms with van der Waals surface area (Å²) in [5.74, 6) is 2.88. The monoisotopic (exact) mass is 278 g/mol. The van der Waals surface area contributed by atoms with Crippen molar-refractivity contribution in [3.8, 4) is 0 Å². The van der Waals surface area contributed by atoms with Gasteiger partial charge in [-0.15, -0.1) is 0 Å². The first kappa shape index (κ1) is 13.9. The highest BCUT2D eigenvalue weighted by molar-refractivity contribution is 6.07. The minimum absolute atomic E-state index is 0.0790. The predicted molar refractivity (Wildman–Crippen MR) is 71.1 cm³/mol. The number of carbonyl (C=O) groups excluding carboxylic acids is 1. The van der Waals surface area contributed by atoms with Crippen molar-refractivity contribution in [3.05, 3.63) is 53.4 Å². The van der Waals surface area contributed by atoms with Crippen molar-refractivity contribution >= 4 is 17.3 Å². The second-order valence-corrected chi connectivity index (χ2v) is 4.07. The smallest absolute Gasteiger partial charge is 0.259 e. The van der Waals surface area contributed by atoms with E-state index in [0.29, 0.717) is 5.69 Å². The van der Waals surface area contributed by atoms with Gasteiger partial charge >= 0.3 is 0 Å². The molecule has 0 aliphatic carbocycles. The molecule has 2 rings (SSSR count). The van der Waals surface area contributed by atoms with Crippen molar-refractivity contribution in [3.63, 3.8) is 0 Å². The van der Waals surface area contributed by atoms with Gasteiger partial charge in [-0.1, -0.05) is 6.07 Å². The number of nitrogens with two attached hydrogens (primary N) is 1. The van der Waals surface area contributed by atoms with Crippen LogP contribution in [0.3, 0.4) is 0 Å². The number of hydrogen-bond acceptors (Lipinski definition) is 4. The molecule has 7 heteroatoms. The second-order valence-electron chi connectivity index (χ2n) is 4.07. The van der Waals surface area contributed by atoms with Crippen LogP contribution < -0.4 is 16.6 Å². The number of hydrogen-bond donors (Lipinski definition) is 3. The SMILES string of the molecule is Cc1ccc(F)c(NC(=O)c2cnccc2NN)c1F. The van der Waals surface area contributed by atoms with Gasteiger partial charge in [0, 0.05) is 12.4 Å². The van der Waals surface area contributed by atoms with E-state index in [9.17, 15) is 13.6 Å². The lowest BCUT2D eigenvalue weighted by molar-refractivity contribution is 0.102. The Hall–Kier alpha value is -2.54. The highest BCUT2D eigenvalue weighted by Crippen LogP contribution is 2.23. The number of aryl methyl sites for hydroxylation is 1. The fourth-order valence-corrected chi connectivity index (χ4v) is 1.65. The summed E-state index contributed by atoms with van der Waals surface area (Å²) < 4.78 is 27.4. The lowest BCUT2D eigenvalue weighted by atomic mass is 10.1. The number of hydrazine groups is 1. The molecule has 1 heterocycles. The molecule has 1 aromatic carbocycles. The first-order valence-electron chi connectivity index (χ1n) is 5.71. The van der Waals surface area contributed by atoms with Crippen LogP contribution in [0.2, 0.25) is 0 Å². The summed E-state index contributed by atoms with van der Waals surface area (Å²) in [6.07, 6.45) is 2.68. The Morgan fingerprint density at radius 1 is 1.30 bits per heavy atom. The van der Waals surface area contributed by atoms with Crippen LogP contribution >= 0.6 is 0 Å². The third kappa shape index (κ3) is 2.57.